The van der Waals surface area contributed by atoms with E-state index in [-0.39, 0.29) is 17.9 Å². The number of morpholine rings is 1. The van der Waals surface area contributed by atoms with Crippen LogP contribution >= 0.6 is 0 Å². The highest BCUT2D eigenvalue weighted by Gasteiger charge is 2.17. The van der Waals surface area contributed by atoms with Gasteiger partial charge in [0.2, 0.25) is 0 Å². The molecule has 0 aliphatic carbocycles. The molecule has 2 rings (SSSR count). The third kappa shape index (κ3) is 7.72. The number of aliphatic imine (C=N–C) groups is 1. The first-order chi connectivity index (χ1) is 12.8. The summed E-state index contributed by atoms with van der Waals surface area (Å²) in [7, 11) is -1.26. The molecule has 27 heavy (non-hydrogen) atoms. The zero-order valence-corrected chi connectivity index (χ0v) is 17.4. The van der Waals surface area contributed by atoms with Gasteiger partial charge in [-0.1, -0.05) is 6.07 Å². The van der Waals surface area contributed by atoms with E-state index in [2.05, 4.69) is 38.5 Å². The number of guanidine groups is 1. The highest BCUT2D eigenvalue weighted by molar-refractivity contribution is 7.90. The van der Waals surface area contributed by atoms with Crippen LogP contribution in [0, 0.1) is 0 Å². The molecule has 0 spiro atoms. The Morgan fingerprint density at radius 2 is 2.26 bits per heavy atom. The summed E-state index contributed by atoms with van der Waals surface area (Å²) in [6.07, 6.45) is 3.87. The molecule has 1 aliphatic rings. The molecule has 0 radical (unpaired) electrons. The van der Waals surface area contributed by atoms with Crippen molar-refractivity contribution in [2.24, 2.45) is 4.99 Å². The maximum absolute atomic E-state index is 11.3. The molecular weight excluding hydrogens is 366 g/mol. The Morgan fingerprint density at radius 3 is 2.85 bits per heavy atom. The highest BCUT2D eigenvalue weighted by Crippen LogP contribution is 2.15. The first kappa shape index (κ1) is 21.4. The predicted molar refractivity (Wildman–Crippen MR) is 109 cm³/mol. The Morgan fingerprint density at radius 1 is 1.48 bits per heavy atom. The maximum Gasteiger partial charge on any atom is 0.191 e. The zero-order chi connectivity index (χ0) is 19.9. The molecular formula is C18H31N5O3S. The fourth-order valence-corrected chi connectivity index (χ4v) is 3.59. The SMILES string of the molecule is CN=C(NCc1ccc(N2CCOC(C)C2)nc1)NC(C)CCS(C)(=O)=O. The molecule has 1 aliphatic heterocycles. The number of hydrogen-bond acceptors (Lipinski definition) is 6. The molecule has 0 aromatic carbocycles. The van der Waals surface area contributed by atoms with Gasteiger partial charge in [0, 0.05) is 45.2 Å². The fraction of sp³-hybridized carbons (Fsp3) is 0.667. The van der Waals surface area contributed by atoms with Gasteiger partial charge in [-0.2, -0.15) is 0 Å². The zero-order valence-electron chi connectivity index (χ0n) is 16.6. The molecule has 2 N–H and O–H groups in total. The maximum atomic E-state index is 11.3. The van der Waals surface area contributed by atoms with Gasteiger partial charge >= 0.3 is 0 Å². The van der Waals surface area contributed by atoms with Crippen LogP contribution in [0.15, 0.2) is 23.3 Å². The smallest absolute Gasteiger partial charge is 0.191 e. The molecule has 152 valence electrons. The molecule has 1 saturated heterocycles. The van der Waals surface area contributed by atoms with Gasteiger partial charge in [-0.3, -0.25) is 4.99 Å². The van der Waals surface area contributed by atoms with Crippen molar-refractivity contribution in [1.29, 1.82) is 0 Å². The Hall–Kier alpha value is -1.87. The molecule has 2 unspecified atom stereocenters. The molecule has 0 amide bonds. The average Bonchev–Trinajstić information content (AvgIpc) is 2.63. The molecule has 2 heterocycles. The van der Waals surface area contributed by atoms with E-state index < -0.39 is 9.84 Å². The summed E-state index contributed by atoms with van der Waals surface area (Å²) in [4.78, 5) is 11.0. The molecule has 1 aromatic rings. The number of nitrogens with zero attached hydrogens (tertiary/aromatic N) is 3. The topological polar surface area (TPSA) is 95.9 Å². The summed E-state index contributed by atoms with van der Waals surface area (Å²) in [6.45, 7) is 7.04. The first-order valence-corrected chi connectivity index (χ1v) is 11.3. The summed E-state index contributed by atoms with van der Waals surface area (Å²) in [6, 6.07) is 4.09. The third-order valence-electron chi connectivity index (χ3n) is 4.36. The molecule has 1 fully saturated rings. The Balaban J connectivity index is 1.82. The van der Waals surface area contributed by atoms with Crippen LogP contribution in [0.5, 0.6) is 0 Å². The average molecular weight is 398 g/mol. The van der Waals surface area contributed by atoms with E-state index in [1.165, 1.54) is 6.26 Å². The van der Waals surface area contributed by atoms with Gasteiger partial charge in [0.05, 0.1) is 18.5 Å². The van der Waals surface area contributed by atoms with Crippen molar-refractivity contribution in [1.82, 2.24) is 15.6 Å². The van der Waals surface area contributed by atoms with E-state index in [4.69, 9.17) is 4.74 Å². The van der Waals surface area contributed by atoms with E-state index in [0.29, 0.717) is 18.9 Å². The van der Waals surface area contributed by atoms with Gasteiger partial charge in [0.1, 0.15) is 15.7 Å². The van der Waals surface area contributed by atoms with Crippen LogP contribution in [0.4, 0.5) is 5.82 Å². The van der Waals surface area contributed by atoms with Crippen molar-refractivity contribution in [2.75, 3.05) is 43.7 Å². The Bertz CT molecular complexity index is 721. The number of ether oxygens (including phenoxy) is 1. The number of aromatic nitrogens is 1. The number of nitrogens with one attached hydrogen (secondary N) is 2. The minimum Gasteiger partial charge on any atom is -0.375 e. The van der Waals surface area contributed by atoms with Crippen molar-refractivity contribution < 1.29 is 13.2 Å². The molecule has 2 atom stereocenters. The summed E-state index contributed by atoms with van der Waals surface area (Å²) < 4.78 is 28.1. The molecule has 0 saturated carbocycles. The first-order valence-electron chi connectivity index (χ1n) is 9.23. The van der Waals surface area contributed by atoms with Gasteiger partial charge < -0.3 is 20.3 Å². The van der Waals surface area contributed by atoms with Crippen molar-refractivity contribution in [3.8, 4) is 0 Å². The van der Waals surface area contributed by atoms with Crippen LogP contribution in [-0.4, -0.2) is 70.3 Å². The molecule has 8 nitrogen and oxygen atoms in total. The number of hydrogen-bond donors (Lipinski definition) is 2. The second-order valence-corrected chi connectivity index (χ2v) is 9.30. The summed E-state index contributed by atoms with van der Waals surface area (Å²) in [5.41, 5.74) is 1.05. The number of sulfone groups is 1. The predicted octanol–water partition coefficient (Wildman–Crippen LogP) is 0.795. The lowest BCUT2D eigenvalue weighted by atomic mass is 10.2. The fourth-order valence-electron chi connectivity index (χ4n) is 2.81. The van der Waals surface area contributed by atoms with Crippen molar-refractivity contribution in [3.63, 3.8) is 0 Å². The standard InChI is InChI=1S/C18H31N5O3S/c1-14(7-10-27(4,24)25)22-18(19-3)21-12-16-5-6-17(20-11-16)23-8-9-26-15(2)13-23/h5-6,11,14-15H,7-10,12-13H2,1-4H3,(H2,19,21,22). The van der Waals surface area contributed by atoms with Crippen LogP contribution in [0.2, 0.25) is 0 Å². The van der Waals surface area contributed by atoms with Crippen LogP contribution in [0.3, 0.4) is 0 Å². The summed E-state index contributed by atoms with van der Waals surface area (Å²) in [5.74, 6) is 1.76. The van der Waals surface area contributed by atoms with Gasteiger partial charge in [0.15, 0.2) is 5.96 Å². The second-order valence-electron chi connectivity index (χ2n) is 7.04. The Labute approximate surface area is 162 Å². The van der Waals surface area contributed by atoms with Gasteiger partial charge in [0.25, 0.3) is 0 Å². The lowest BCUT2D eigenvalue weighted by Crippen LogP contribution is -2.42. The lowest BCUT2D eigenvalue weighted by Gasteiger charge is -2.32. The highest BCUT2D eigenvalue weighted by atomic mass is 32.2. The van der Waals surface area contributed by atoms with Crippen LogP contribution in [0.1, 0.15) is 25.8 Å². The van der Waals surface area contributed by atoms with Crippen molar-refractivity contribution >= 4 is 21.6 Å². The van der Waals surface area contributed by atoms with E-state index in [0.717, 1.165) is 31.1 Å². The van der Waals surface area contributed by atoms with Crippen molar-refractivity contribution in [2.45, 2.75) is 39.0 Å². The molecule has 1 aromatic heterocycles. The van der Waals surface area contributed by atoms with Crippen LogP contribution in [0.25, 0.3) is 0 Å². The third-order valence-corrected chi connectivity index (χ3v) is 5.34. The Kier molecular flexibility index (Phi) is 7.85. The van der Waals surface area contributed by atoms with Crippen molar-refractivity contribution in [3.05, 3.63) is 23.9 Å². The molecule has 9 heteroatoms. The number of pyridine rings is 1. The largest absolute Gasteiger partial charge is 0.375 e. The molecule has 0 bridgehead atoms. The van der Waals surface area contributed by atoms with E-state index in [9.17, 15) is 8.42 Å². The van der Waals surface area contributed by atoms with E-state index >= 15 is 0 Å². The summed E-state index contributed by atoms with van der Waals surface area (Å²) >= 11 is 0. The van der Waals surface area contributed by atoms with Gasteiger partial charge in [-0.05, 0) is 31.9 Å². The summed E-state index contributed by atoms with van der Waals surface area (Å²) in [5, 5.41) is 6.44. The van der Waals surface area contributed by atoms with Gasteiger partial charge in [-0.15, -0.1) is 0 Å². The second kappa shape index (κ2) is 9.89. The minimum atomic E-state index is -2.95. The monoisotopic (exact) mass is 397 g/mol. The van der Waals surface area contributed by atoms with Crippen LogP contribution in [-0.2, 0) is 21.1 Å². The number of anilines is 1. The minimum absolute atomic E-state index is 0.00901. The van der Waals surface area contributed by atoms with Gasteiger partial charge in [-0.25, -0.2) is 13.4 Å². The quantitative estimate of drug-likeness (QED) is 0.519. The van der Waals surface area contributed by atoms with Crippen LogP contribution < -0.4 is 15.5 Å². The van der Waals surface area contributed by atoms with E-state index in [1.807, 2.05) is 19.2 Å². The normalized spacial score (nSPS) is 19.6. The lowest BCUT2D eigenvalue weighted by molar-refractivity contribution is 0.0529. The van der Waals surface area contributed by atoms with E-state index in [1.54, 1.807) is 7.05 Å². The number of rotatable bonds is 7.